The van der Waals surface area contributed by atoms with Crippen LogP contribution in [0.5, 0.6) is 0 Å². The maximum absolute atomic E-state index is 4.73. The predicted molar refractivity (Wildman–Crippen MR) is 94.5 cm³/mol. The van der Waals surface area contributed by atoms with Crippen molar-refractivity contribution in [1.29, 1.82) is 0 Å². The summed E-state index contributed by atoms with van der Waals surface area (Å²) in [5, 5.41) is 1.31. The SMILES string of the molecule is Cc1nc(CC2CC(c3ccccc3)CCC2Br)sc1C. The quantitative estimate of drug-likeness (QED) is 0.642. The van der Waals surface area contributed by atoms with Gasteiger partial charge in [0.05, 0.1) is 10.7 Å². The minimum absolute atomic E-state index is 0.641. The van der Waals surface area contributed by atoms with Crippen molar-refractivity contribution in [3.8, 4) is 0 Å². The molecule has 1 aliphatic rings. The highest BCUT2D eigenvalue weighted by Gasteiger charge is 2.30. The molecule has 1 aliphatic carbocycles. The van der Waals surface area contributed by atoms with Crippen molar-refractivity contribution in [2.75, 3.05) is 0 Å². The summed E-state index contributed by atoms with van der Waals surface area (Å²) >= 11 is 5.79. The Labute approximate surface area is 139 Å². The zero-order valence-electron chi connectivity index (χ0n) is 12.7. The van der Waals surface area contributed by atoms with Gasteiger partial charge < -0.3 is 0 Å². The molecule has 0 bridgehead atoms. The third kappa shape index (κ3) is 3.57. The summed E-state index contributed by atoms with van der Waals surface area (Å²) in [6.45, 7) is 4.30. The maximum atomic E-state index is 4.73. The third-order valence-corrected chi connectivity index (χ3v) is 6.97. The molecule has 112 valence electrons. The molecule has 0 aliphatic heterocycles. The largest absolute Gasteiger partial charge is 0.246 e. The first-order valence-corrected chi connectivity index (χ1v) is 9.48. The van der Waals surface area contributed by atoms with Gasteiger partial charge in [-0.05, 0) is 50.5 Å². The highest BCUT2D eigenvalue weighted by atomic mass is 79.9. The minimum atomic E-state index is 0.641. The molecule has 21 heavy (non-hydrogen) atoms. The van der Waals surface area contributed by atoms with Crippen LogP contribution in [0.25, 0.3) is 0 Å². The number of halogens is 1. The normalized spacial score (nSPS) is 26.0. The Morgan fingerprint density at radius 2 is 1.95 bits per heavy atom. The van der Waals surface area contributed by atoms with Crippen molar-refractivity contribution >= 4 is 27.3 Å². The van der Waals surface area contributed by atoms with Crippen LogP contribution >= 0.6 is 27.3 Å². The Balaban J connectivity index is 1.72. The number of aromatic nitrogens is 1. The van der Waals surface area contributed by atoms with Crippen LogP contribution in [0.2, 0.25) is 0 Å². The number of rotatable bonds is 3. The number of hydrogen-bond acceptors (Lipinski definition) is 2. The molecule has 1 fully saturated rings. The van der Waals surface area contributed by atoms with Crippen molar-refractivity contribution in [1.82, 2.24) is 4.98 Å². The third-order valence-electron chi connectivity index (χ3n) is 4.67. The fraction of sp³-hybridized carbons (Fsp3) is 0.500. The van der Waals surface area contributed by atoms with E-state index in [0.717, 1.165) is 6.42 Å². The van der Waals surface area contributed by atoms with E-state index in [-0.39, 0.29) is 0 Å². The van der Waals surface area contributed by atoms with Gasteiger partial charge in [0, 0.05) is 16.1 Å². The highest BCUT2D eigenvalue weighted by Crippen LogP contribution is 2.41. The van der Waals surface area contributed by atoms with Crippen molar-refractivity contribution in [3.63, 3.8) is 0 Å². The summed E-state index contributed by atoms with van der Waals surface area (Å²) in [5.41, 5.74) is 2.71. The van der Waals surface area contributed by atoms with Crippen LogP contribution in [0, 0.1) is 19.8 Å². The molecule has 1 saturated carbocycles. The number of benzene rings is 1. The van der Waals surface area contributed by atoms with Gasteiger partial charge in [-0.25, -0.2) is 4.98 Å². The van der Waals surface area contributed by atoms with Crippen LogP contribution in [0.4, 0.5) is 0 Å². The summed E-state index contributed by atoms with van der Waals surface area (Å²) in [5.74, 6) is 1.42. The van der Waals surface area contributed by atoms with Gasteiger partial charge in [0.15, 0.2) is 0 Å². The average Bonchev–Trinajstić information content (AvgIpc) is 2.80. The van der Waals surface area contributed by atoms with E-state index in [4.69, 9.17) is 4.98 Å². The van der Waals surface area contributed by atoms with E-state index in [1.807, 2.05) is 11.3 Å². The minimum Gasteiger partial charge on any atom is -0.246 e. The van der Waals surface area contributed by atoms with Crippen molar-refractivity contribution in [2.45, 2.75) is 50.3 Å². The second-order valence-corrected chi connectivity index (χ2v) is 8.61. The van der Waals surface area contributed by atoms with Crippen molar-refractivity contribution < 1.29 is 0 Å². The van der Waals surface area contributed by atoms with Crippen molar-refractivity contribution in [3.05, 3.63) is 51.5 Å². The number of aryl methyl sites for hydroxylation is 2. The summed E-state index contributed by atoms with van der Waals surface area (Å²) in [4.78, 5) is 6.74. The molecule has 0 radical (unpaired) electrons. The molecule has 1 aromatic heterocycles. The van der Waals surface area contributed by atoms with Gasteiger partial charge in [-0.3, -0.25) is 0 Å². The lowest BCUT2D eigenvalue weighted by Crippen LogP contribution is -2.25. The monoisotopic (exact) mass is 363 g/mol. The Morgan fingerprint density at radius 1 is 1.19 bits per heavy atom. The van der Waals surface area contributed by atoms with Gasteiger partial charge in [-0.2, -0.15) is 0 Å². The molecule has 0 spiro atoms. The molecule has 2 aromatic rings. The number of hydrogen-bond donors (Lipinski definition) is 0. The summed E-state index contributed by atoms with van der Waals surface area (Å²) in [6, 6.07) is 11.0. The average molecular weight is 364 g/mol. The first-order valence-electron chi connectivity index (χ1n) is 7.75. The number of alkyl halides is 1. The molecule has 1 aromatic carbocycles. The lowest BCUT2D eigenvalue weighted by atomic mass is 9.77. The molecule has 3 rings (SSSR count). The molecular formula is C18H22BrNS. The van der Waals surface area contributed by atoms with Gasteiger partial charge in [0.25, 0.3) is 0 Å². The second kappa shape index (κ2) is 6.62. The van der Waals surface area contributed by atoms with Gasteiger partial charge >= 0.3 is 0 Å². The van der Waals surface area contributed by atoms with Gasteiger partial charge in [0.1, 0.15) is 0 Å². The summed E-state index contributed by atoms with van der Waals surface area (Å²) < 4.78 is 0. The Morgan fingerprint density at radius 3 is 2.62 bits per heavy atom. The Hall–Kier alpha value is -0.670. The summed E-state index contributed by atoms with van der Waals surface area (Å²) in [6.07, 6.45) is 4.97. The smallest absolute Gasteiger partial charge is 0.0934 e. The number of thiazole rings is 1. The zero-order chi connectivity index (χ0) is 14.8. The Kier molecular flexibility index (Phi) is 4.80. The maximum Gasteiger partial charge on any atom is 0.0934 e. The van der Waals surface area contributed by atoms with Crippen LogP contribution < -0.4 is 0 Å². The lowest BCUT2D eigenvalue weighted by molar-refractivity contribution is 0.334. The second-order valence-electron chi connectivity index (χ2n) is 6.15. The van der Waals surface area contributed by atoms with Crippen LogP contribution in [-0.4, -0.2) is 9.81 Å². The highest BCUT2D eigenvalue weighted by molar-refractivity contribution is 9.09. The van der Waals surface area contributed by atoms with Gasteiger partial charge in [-0.1, -0.05) is 46.3 Å². The molecule has 0 saturated heterocycles. The van der Waals surface area contributed by atoms with E-state index in [1.54, 1.807) is 0 Å². The standard InChI is InChI=1S/C18H22BrNS/c1-12-13(2)21-18(20-12)11-16-10-15(8-9-17(16)19)14-6-4-3-5-7-14/h3-7,15-17H,8-11H2,1-2H3. The molecule has 0 N–H and O–H groups in total. The van der Waals surface area contributed by atoms with Crippen LogP contribution in [0.3, 0.4) is 0 Å². The first kappa shape index (κ1) is 15.2. The molecule has 3 heteroatoms. The number of nitrogens with zero attached hydrogens (tertiary/aromatic N) is 1. The van der Waals surface area contributed by atoms with E-state index in [2.05, 4.69) is 60.1 Å². The molecule has 3 atom stereocenters. The van der Waals surface area contributed by atoms with Crippen LogP contribution in [0.15, 0.2) is 30.3 Å². The fourth-order valence-corrected chi connectivity index (χ4v) is 5.01. The lowest BCUT2D eigenvalue weighted by Gasteiger charge is -2.33. The van der Waals surface area contributed by atoms with E-state index >= 15 is 0 Å². The van der Waals surface area contributed by atoms with Gasteiger partial charge in [0.2, 0.25) is 0 Å². The molecule has 1 heterocycles. The van der Waals surface area contributed by atoms with E-state index in [1.165, 1.54) is 40.4 Å². The molecule has 0 amide bonds. The van der Waals surface area contributed by atoms with E-state index in [0.29, 0.717) is 16.7 Å². The zero-order valence-corrected chi connectivity index (χ0v) is 15.1. The summed E-state index contributed by atoms with van der Waals surface area (Å²) in [7, 11) is 0. The first-order chi connectivity index (χ1) is 10.1. The molecular weight excluding hydrogens is 342 g/mol. The van der Waals surface area contributed by atoms with E-state index in [9.17, 15) is 0 Å². The molecule has 1 nitrogen and oxygen atoms in total. The van der Waals surface area contributed by atoms with Crippen LogP contribution in [-0.2, 0) is 6.42 Å². The predicted octanol–water partition coefficient (Wildman–Crippen LogP) is 5.65. The topological polar surface area (TPSA) is 12.9 Å². The fourth-order valence-electron chi connectivity index (χ4n) is 3.32. The van der Waals surface area contributed by atoms with Crippen molar-refractivity contribution in [2.24, 2.45) is 5.92 Å². The van der Waals surface area contributed by atoms with E-state index < -0.39 is 0 Å². The molecule has 3 unspecified atom stereocenters. The Bertz CT molecular complexity index is 573. The van der Waals surface area contributed by atoms with Crippen LogP contribution in [0.1, 0.15) is 46.3 Å². The van der Waals surface area contributed by atoms with Gasteiger partial charge in [-0.15, -0.1) is 11.3 Å².